The number of rotatable bonds is 4. The first-order valence-corrected chi connectivity index (χ1v) is 4.54. The molecule has 1 heterocycles. The topological polar surface area (TPSA) is 64.1 Å². The quantitative estimate of drug-likeness (QED) is 0.715. The van der Waals surface area contributed by atoms with Crippen LogP contribution in [-0.2, 0) is 6.54 Å². The van der Waals surface area contributed by atoms with Crippen molar-refractivity contribution in [3.63, 3.8) is 0 Å². The Morgan fingerprint density at radius 1 is 1.62 bits per heavy atom. The maximum absolute atomic E-state index is 9.40. The third-order valence-corrected chi connectivity index (χ3v) is 1.81. The Morgan fingerprint density at radius 3 is 2.85 bits per heavy atom. The maximum atomic E-state index is 9.40. The molecule has 0 unspecified atom stereocenters. The summed E-state index contributed by atoms with van der Waals surface area (Å²) >= 11 is 0. The zero-order valence-electron chi connectivity index (χ0n) is 8.14. The van der Waals surface area contributed by atoms with Crippen molar-refractivity contribution in [3.8, 4) is 0 Å². The Morgan fingerprint density at radius 2 is 2.31 bits per heavy atom. The maximum Gasteiger partial charge on any atom is 0.0942 e. The lowest BCUT2D eigenvalue weighted by Crippen LogP contribution is -2.11. The first kappa shape index (κ1) is 10.2. The summed E-state index contributed by atoms with van der Waals surface area (Å²) in [7, 11) is 0. The second kappa shape index (κ2) is 4.39. The zero-order valence-corrected chi connectivity index (χ0v) is 8.14. The van der Waals surface area contributed by atoms with Crippen LogP contribution in [0.15, 0.2) is 12.4 Å². The lowest BCUT2D eigenvalue weighted by atomic mass is 10.2. The van der Waals surface area contributed by atoms with Crippen molar-refractivity contribution < 1.29 is 5.11 Å². The number of aliphatic hydroxyl groups excluding tert-OH is 1. The summed E-state index contributed by atoms with van der Waals surface area (Å²) in [6, 6.07) is 0. The summed E-state index contributed by atoms with van der Waals surface area (Å²) in [5.41, 5.74) is 6.12. The largest absolute Gasteiger partial charge is 0.387 e. The van der Waals surface area contributed by atoms with Gasteiger partial charge in [0, 0.05) is 24.8 Å². The fraction of sp³-hybridized carbons (Fsp3) is 0.667. The van der Waals surface area contributed by atoms with Gasteiger partial charge in [-0.2, -0.15) is 5.10 Å². The number of hydrogen-bond donors (Lipinski definition) is 2. The Labute approximate surface area is 78.4 Å². The fourth-order valence-corrected chi connectivity index (χ4v) is 1.16. The Hall–Kier alpha value is -0.870. The van der Waals surface area contributed by atoms with E-state index in [1.807, 2.05) is 10.9 Å². The summed E-state index contributed by atoms with van der Waals surface area (Å²) in [4.78, 5) is 0. The predicted octanol–water partition coefficient (Wildman–Crippen LogP) is 0.531. The van der Waals surface area contributed by atoms with Gasteiger partial charge >= 0.3 is 0 Å². The summed E-state index contributed by atoms with van der Waals surface area (Å²) in [6.07, 6.45) is 2.93. The number of nitrogens with zero attached hydrogens (tertiary/aromatic N) is 2. The van der Waals surface area contributed by atoms with E-state index in [-0.39, 0.29) is 6.54 Å². The molecular formula is C9H17N3O. The van der Waals surface area contributed by atoms with Crippen molar-refractivity contribution in [2.75, 3.05) is 6.54 Å². The van der Waals surface area contributed by atoms with Gasteiger partial charge < -0.3 is 10.8 Å². The molecule has 4 heteroatoms. The summed E-state index contributed by atoms with van der Waals surface area (Å²) in [5, 5.41) is 13.5. The van der Waals surface area contributed by atoms with Crippen LogP contribution in [0.3, 0.4) is 0 Å². The first-order chi connectivity index (χ1) is 6.13. The average Bonchev–Trinajstić information content (AvgIpc) is 2.50. The molecule has 3 N–H and O–H groups in total. The molecule has 0 fully saturated rings. The smallest absolute Gasteiger partial charge is 0.0942 e. The Kier molecular flexibility index (Phi) is 3.45. The van der Waals surface area contributed by atoms with Crippen molar-refractivity contribution >= 4 is 0 Å². The van der Waals surface area contributed by atoms with E-state index in [2.05, 4.69) is 18.9 Å². The van der Waals surface area contributed by atoms with E-state index in [9.17, 15) is 5.11 Å². The van der Waals surface area contributed by atoms with E-state index in [0.717, 1.165) is 12.1 Å². The Bertz CT molecular complexity index is 257. The lowest BCUT2D eigenvalue weighted by Gasteiger charge is -2.05. The molecule has 0 aliphatic carbocycles. The van der Waals surface area contributed by atoms with E-state index in [1.54, 1.807) is 6.20 Å². The molecule has 1 aromatic rings. The first-order valence-electron chi connectivity index (χ1n) is 4.54. The fourth-order valence-electron chi connectivity index (χ4n) is 1.16. The van der Waals surface area contributed by atoms with Crippen LogP contribution in [0.25, 0.3) is 0 Å². The van der Waals surface area contributed by atoms with Crippen LogP contribution in [0.5, 0.6) is 0 Å². The summed E-state index contributed by atoms with van der Waals surface area (Å²) in [6.45, 7) is 5.37. The molecule has 0 saturated heterocycles. The minimum atomic E-state index is -0.582. The van der Waals surface area contributed by atoms with Crippen LogP contribution >= 0.6 is 0 Å². The van der Waals surface area contributed by atoms with Crippen LogP contribution in [0, 0.1) is 5.92 Å². The van der Waals surface area contributed by atoms with Gasteiger partial charge in [-0.1, -0.05) is 13.8 Å². The minimum absolute atomic E-state index is 0.243. The van der Waals surface area contributed by atoms with Gasteiger partial charge in [0.1, 0.15) is 0 Å². The molecule has 0 bridgehead atoms. The molecule has 74 valence electrons. The summed E-state index contributed by atoms with van der Waals surface area (Å²) in [5.74, 6) is 0.558. The van der Waals surface area contributed by atoms with Gasteiger partial charge in [-0.15, -0.1) is 0 Å². The second-order valence-corrected chi connectivity index (χ2v) is 3.64. The zero-order chi connectivity index (χ0) is 9.84. The minimum Gasteiger partial charge on any atom is -0.387 e. The van der Waals surface area contributed by atoms with Gasteiger partial charge in [0.2, 0.25) is 0 Å². The molecule has 0 aromatic carbocycles. The van der Waals surface area contributed by atoms with E-state index in [4.69, 9.17) is 5.73 Å². The van der Waals surface area contributed by atoms with Crippen molar-refractivity contribution in [2.45, 2.75) is 26.5 Å². The van der Waals surface area contributed by atoms with Crippen LogP contribution in [0.4, 0.5) is 0 Å². The van der Waals surface area contributed by atoms with Crippen LogP contribution in [0.1, 0.15) is 25.5 Å². The number of aliphatic hydroxyl groups is 1. The second-order valence-electron chi connectivity index (χ2n) is 3.64. The molecule has 0 saturated carbocycles. The summed E-state index contributed by atoms with van der Waals surface area (Å²) < 4.78 is 1.83. The van der Waals surface area contributed by atoms with Crippen LogP contribution < -0.4 is 5.73 Å². The Balaban J connectivity index is 2.63. The highest BCUT2D eigenvalue weighted by molar-refractivity contribution is 5.08. The molecule has 1 aromatic heterocycles. The molecule has 0 spiro atoms. The predicted molar refractivity (Wildman–Crippen MR) is 51.1 cm³/mol. The van der Waals surface area contributed by atoms with Crippen molar-refractivity contribution in [2.24, 2.45) is 11.7 Å². The lowest BCUT2D eigenvalue weighted by molar-refractivity contribution is 0.186. The number of nitrogens with two attached hydrogens (primary N) is 1. The van der Waals surface area contributed by atoms with Gasteiger partial charge in [-0.3, -0.25) is 4.68 Å². The monoisotopic (exact) mass is 183 g/mol. The number of hydrogen-bond acceptors (Lipinski definition) is 3. The van der Waals surface area contributed by atoms with E-state index in [0.29, 0.717) is 5.92 Å². The van der Waals surface area contributed by atoms with Gasteiger partial charge in [-0.25, -0.2) is 0 Å². The van der Waals surface area contributed by atoms with Crippen molar-refractivity contribution in [1.82, 2.24) is 9.78 Å². The van der Waals surface area contributed by atoms with Crippen LogP contribution in [-0.4, -0.2) is 21.4 Å². The van der Waals surface area contributed by atoms with Gasteiger partial charge in [-0.05, 0) is 5.92 Å². The molecular weight excluding hydrogens is 166 g/mol. The highest BCUT2D eigenvalue weighted by Gasteiger charge is 2.07. The molecule has 0 amide bonds. The van der Waals surface area contributed by atoms with Gasteiger partial charge in [0.25, 0.3) is 0 Å². The van der Waals surface area contributed by atoms with Crippen molar-refractivity contribution in [1.29, 1.82) is 0 Å². The molecule has 1 atom stereocenters. The van der Waals surface area contributed by atoms with E-state index < -0.39 is 6.10 Å². The van der Waals surface area contributed by atoms with Gasteiger partial charge in [0.05, 0.1) is 12.3 Å². The molecule has 0 aliphatic rings. The molecule has 1 rings (SSSR count). The molecule has 0 radical (unpaired) electrons. The van der Waals surface area contributed by atoms with E-state index in [1.165, 1.54) is 0 Å². The highest BCUT2D eigenvalue weighted by Crippen LogP contribution is 2.10. The molecule has 0 aliphatic heterocycles. The molecule has 4 nitrogen and oxygen atoms in total. The molecule has 13 heavy (non-hydrogen) atoms. The average molecular weight is 183 g/mol. The highest BCUT2D eigenvalue weighted by atomic mass is 16.3. The normalized spacial score (nSPS) is 13.6. The standard InChI is InChI=1S/C9H17N3O/c1-7(2)5-12-6-8(4-11-12)9(13)3-10/h4,6-7,9,13H,3,5,10H2,1-2H3/t9-/m1/s1. The van der Waals surface area contributed by atoms with Gasteiger partial charge in [0.15, 0.2) is 0 Å². The third-order valence-electron chi connectivity index (χ3n) is 1.81. The van der Waals surface area contributed by atoms with Crippen molar-refractivity contribution in [3.05, 3.63) is 18.0 Å². The number of aromatic nitrogens is 2. The van der Waals surface area contributed by atoms with E-state index >= 15 is 0 Å². The SMILES string of the molecule is CC(C)Cn1cc([C@H](O)CN)cn1. The van der Waals surface area contributed by atoms with Crippen LogP contribution in [0.2, 0.25) is 0 Å². The third kappa shape index (κ3) is 2.82.